The van der Waals surface area contributed by atoms with E-state index < -0.39 is 0 Å². The highest BCUT2D eigenvalue weighted by Gasteiger charge is 2.06. The first-order valence-electron chi connectivity index (χ1n) is 9.39. The van der Waals surface area contributed by atoms with Crippen LogP contribution >= 0.6 is 22.9 Å². The van der Waals surface area contributed by atoms with E-state index in [0.29, 0.717) is 11.7 Å². The maximum atomic E-state index is 5.82. The summed E-state index contributed by atoms with van der Waals surface area (Å²) in [6.07, 6.45) is 2.64. The number of hydrogen-bond acceptors (Lipinski definition) is 5. The van der Waals surface area contributed by atoms with Crippen LogP contribution in [0.1, 0.15) is 18.2 Å². The molecule has 0 amide bonds. The number of aromatic nitrogens is 2. The topological polar surface area (TPSA) is 71.4 Å². The average molecular weight is 430 g/mol. The third-order valence-corrected chi connectivity index (χ3v) is 5.29. The molecule has 2 heterocycles. The van der Waals surface area contributed by atoms with Crippen molar-refractivity contribution in [3.8, 4) is 16.3 Å². The third kappa shape index (κ3) is 6.44. The predicted molar refractivity (Wildman–Crippen MR) is 120 cm³/mol. The molecule has 152 valence electrons. The van der Waals surface area contributed by atoms with E-state index in [1.165, 1.54) is 0 Å². The molecule has 0 saturated heterocycles. The molecular formula is C21H24ClN5OS. The summed E-state index contributed by atoms with van der Waals surface area (Å²) < 4.78 is 5.21. The molecule has 2 N–H and O–H groups in total. The zero-order valence-corrected chi connectivity index (χ0v) is 18.1. The smallest absolute Gasteiger partial charge is 0.191 e. The molecule has 0 saturated carbocycles. The van der Waals surface area contributed by atoms with Crippen LogP contribution in [0.5, 0.6) is 5.75 Å². The zero-order chi connectivity index (χ0) is 20.5. The van der Waals surface area contributed by atoms with E-state index >= 15 is 0 Å². The van der Waals surface area contributed by atoms with E-state index in [4.69, 9.17) is 21.3 Å². The number of methoxy groups -OCH3 is 1. The number of nitrogens with one attached hydrogen (secondary N) is 2. The normalized spacial score (nSPS) is 11.3. The van der Waals surface area contributed by atoms with Crippen LogP contribution in [-0.2, 0) is 13.0 Å². The van der Waals surface area contributed by atoms with Crippen molar-refractivity contribution in [2.24, 2.45) is 4.99 Å². The van der Waals surface area contributed by atoms with Crippen molar-refractivity contribution in [3.05, 3.63) is 64.4 Å². The summed E-state index contributed by atoms with van der Waals surface area (Å²) in [5.74, 6) is 1.61. The zero-order valence-electron chi connectivity index (χ0n) is 16.5. The number of pyridine rings is 1. The van der Waals surface area contributed by atoms with Crippen molar-refractivity contribution in [2.45, 2.75) is 19.9 Å². The first kappa shape index (κ1) is 21.1. The highest BCUT2D eigenvalue weighted by atomic mass is 35.5. The van der Waals surface area contributed by atoms with Gasteiger partial charge in [0.2, 0.25) is 0 Å². The van der Waals surface area contributed by atoms with Gasteiger partial charge in [-0.25, -0.2) is 15.0 Å². The van der Waals surface area contributed by atoms with Crippen LogP contribution in [0, 0.1) is 0 Å². The summed E-state index contributed by atoms with van der Waals surface area (Å²) in [4.78, 5) is 13.4. The summed E-state index contributed by atoms with van der Waals surface area (Å²) in [6, 6.07) is 11.7. The van der Waals surface area contributed by atoms with E-state index in [9.17, 15) is 0 Å². The van der Waals surface area contributed by atoms with Gasteiger partial charge in [0, 0.05) is 30.2 Å². The molecule has 0 unspecified atom stereocenters. The molecule has 0 radical (unpaired) electrons. The van der Waals surface area contributed by atoms with Gasteiger partial charge in [0.25, 0.3) is 0 Å². The lowest BCUT2D eigenvalue weighted by Crippen LogP contribution is -2.38. The van der Waals surface area contributed by atoms with E-state index in [2.05, 4.69) is 20.6 Å². The van der Waals surface area contributed by atoms with Gasteiger partial charge < -0.3 is 15.4 Å². The number of nitrogens with zero attached hydrogens (tertiary/aromatic N) is 3. The number of thiazole rings is 1. The lowest BCUT2D eigenvalue weighted by molar-refractivity contribution is 0.415. The minimum Gasteiger partial charge on any atom is -0.497 e. The largest absolute Gasteiger partial charge is 0.497 e. The average Bonchev–Trinajstić information content (AvgIpc) is 3.22. The maximum Gasteiger partial charge on any atom is 0.191 e. The standard InChI is InChI=1S/C21H24ClN5OS/c1-3-23-21(24-11-10-15-4-9-19(22)25-12-15)26-13-17-14-29-20(27-17)16-5-7-18(28-2)8-6-16/h4-9,12,14H,3,10-11,13H2,1-2H3,(H2,23,24,26). The lowest BCUT2D eigenvalue weighted by atomic mass is 10.2. The number of halogens is 1. The number of hydrogen-bond donors (Lipinski definition) is 2. The molecule has 0 fully saturated rings. The molecule has 0 spiro atoms. The van der Waals surface area contributed by atoms with Gasteiger partial charge in [-0.3, -0.25) is 0 Å². The summed E-state index contributed by atoms with van der Waals surface area (Å²) >= 11 is 7.44. The van der Waals surface area contributed by atoms with Crippen LogP contribution in [0.2, 0.25) is 5.15 Å². The third-order valence-electron chi connectivity index (χ3n) is 4.13. The van der Waals surface area contributed by atoms with Crippen LogP contribution < -0.4 is 15.4 Å². The molecule has 2 aromatic heterocycles. The molecule has 0 aliphatic carbocycles. The van der Waals surface area contributed by atoms with Gasteiger partial charge in [-0.2, -0.15) is 0 Å². The molecule has 3 rings (SSSR count). The number of aliphatic imine (C=N–C) groups is 1. The van der Waals surface area contributed by atoms with Crippen molar-refractivity contribution < 1.29 is 4.74 Å². The highest BCUT2D eigenvalue weighted by Crippen LogP contribution is 2.25. The van der Waals surface area contributed by atoms with Crippen LogP contribution in [0.3, 0.4) is 0 Å². The van der Waals surface area contributed by atoms with E-state index in [0.717, 1.165) is 53.0 Å². The fourth-order valence-corrected chi connectivity index (χ4v) is 3.56. The Kier molecular flexibility index (Phi) is 7.84. The Balaban J connectivity index is 1.56. The Labute approximate surface area is 180 Å². The first-order chi connectivity index (χ1) is 14.2. The number of ether oxygens (including phenoxy) is 1. The van der Waals surface area contributed by atoms with E-state index in [1.54, 1.807) is 30.7 Å². The van der Waals surface area contributed by atoms with Gasteiger partial charge in [0.15, 0.2) is 5.96 Å². The molecular weight excluding hydrogens is 406 g/mol. The minimum atomic E-state index is 0.508. The quantitative estimate of drug-likeness (QED) is 0.319. The van der Waals surface area contributed by atoms with Crippen molar-refractivity contribution in [1.29, 1.82) is 0 Å². The Morgan fingerprint density at radius 2 is 2.00 bits per heavy atom. The molecule has 0 atom stereocenters. The second kappa shape index (κ2) is 10.8. The maximum absolute atomic E-state index is 5.82. The van der Waals surface area contributed by atoms with Crippen molar-refractivity contribution in [2.75, 3.05) is 20.2 Å². The Bertz CT molecular complexity index is 925. The van der Waals surface area contributed by atoms with Gasteiger partial charge in [0.1, 0.15) is 15.9 Å². The number of benzene rings is 1. The molecule has 29 heavy (non-hydrogen) atoms. The van der Waals surface area contributed by atoms with E-state index in [-0.39, 0.29) is 0 Å². The minimum absolute atomic E-state index is 0.508. The lowest BCUT2D eigenvalue weighted by Gasteiger charge is -2.11. The summed E-state index contributed by atoms with van der Waals surface area (Å²) in [6.45, 7) is 4.11. The van der Waals surface area contributed by atoms with Gasteiger partial charge in [0.05, 0.1) is 19.3 Å². The fraction of sp³-hybridized carbons (Fsp3) is 0.286. The second-order valence-corrected chi connectivity index (χ2v) is 7.48. The fourth-order valence-electron chi connectivity index (χ4n) is 2.63. The molecule has 0 aliphatic rings. The van der Waals surface area contributed by atoms with Gasteiger partial charge in [-0.1, -0.05) is 17.7 Å². The first-order valence-corrected chi connectivity index (χ1v) is 10.6. The van der Waals surface area contributed by atoms with Crippen molar-refractivity contribution in [3.63, 3.8) is 0 Å². The van der Waals surface area contributed by atoms with E-state index in [1.807, 2.05) is 42.6 Å². The molecule has 0 aliphatic heterocycles. The number of guanidine groups is 1. The van der Waals surface area contributed by atoms with Crippen molar-refractivity contribution >= 4 is 28.9 Å². The Morgan fingerprint density at radius 1 is 1.17 bits per heavy atom. The van der Waals surface area contributed by atoms with Gasteiger partial charge >= 0.3 is 0 Å². The predicted octanol–water partition coefficient (Wildman–Crippen LogP) is 4.16. The Morgan fingerprint density at radius 3 is 2.69 bits per heavy atom. The Hall–Kier alpha value is -2.64. The molecule has 8 heteroatoms. The summed E-state index contributed by atoms with van der Waals surface area (Å²) in [5.41, 5.74) is 3.15. The molecule has 1 aromatic carbocycles. The summed E-state index contributed by atoms with van der Waals surface area (Å²) in [5, 5.41) is 10.1. The van der Waals surface area contributed by atoms with Crippen molar-refractivity contribution in [1.82, 2.24) is 20.6 Å². The molecule has 6 nitrogen and oxygen atoms in total. The highest BCUT2D eigenvalue weighted by molar-refractivity contribution is 7.13. The van der Waals surface area contributed by atoms with Crippen LogP contribution in [0.4, 0.5) is 0 Å². The van der Waals surface area contributed by atoms with Crippen LogP contribution in [-0.4, -0.2) is 36.1 Å². The molecule has 0 bridgehead atoms. The second-order valence-electron chi connectivity index (χ2n) is 6.23. The van der Waals surface area contributed by atoms with Crippen LogP contribution in [0.15, 0.2) is 53.0 Å². The number of rotatable bonds is 8. The van der Waals surface area contributed by atoms with Crippen LogP contribution in [0.25, 0.3) is 10.6 Å². The van der Waals surface area contributed by atoms with Gasteiger partial charge in [-0.05, 0) is 49.2 Å². The summed E-state index contributed by atoms with van der Waals surface area (Å²) in [7, 11) is 1.66. The SMILES string of the molecule is CCNC(=NCc1csc(-c2ccc(OC)cc2)n1)NCCc1ccc(Cl)nc1. The monoisotopic (exact) mass is 429 g/mol. The molecule has 3 aromatic rings. The van der Waals surface area contributed by atoms with Gasteiger partial charge in [-0.15, -0.1) is 11.3 Å².